The van der Waals surface area contributed by atoms with Gasteiger partial charge in [0.25, 0.3) is 0 Å². The molecular formula is C25H36N2O. The topological polar surface area (TPSA) is 32.3 Å². The molecule has 1 heterocycles. The molecule has 1 N–H and O–H groups in total. The van der Waals surface area contributed by atoms with E-state index in [1.54, 1.807) is 0 Å². The highest BCUT2D eigenvalue weighted by atomic mass is 16.1. The van der Waals surface area contributed by atoms with Crippen LogP contribution in [0.2, 0.25) is 0 Å². The van der Waals surface area contributed by atoms with Crippen molar-refractivity contribution in [3.8, 4) is 0 Å². The van der Waals surface area contributed by atoms with Crippen molar-refractivity contribution in [2.24, 2.45) is 11.8 Å². The molecule has 1 saturated heterocycles. The maximum atomic E-state index is 12.0. The first-order chi connectivity index (χ1) is 13.6. The van der Waals surface area contributed by atoms with Crippen LogP contribution in [0.5, 0.6) is 0 Å². The van der Waals surface area contributed by atoms with Crippen molar-refractivity contribution in [1.82, 2.24) is 10.2 Å². The first-order valence-electron chi connectivity index (χ1n) is 10.7. The number of rotatable bonds is 9. The van der Waals surface area contributed by atoms with Crippen molar-refractivity contribution >= 4 is 5.91 Å². The predicted octanol–water partition coefficient (Wildman–Crippen LogP) is 5.12. The van der Waals surface area contributed by atoms with Crippen molar-refractivity contribution in [3.63, 3.8) is 0 Å². The Kier molecular flexibility index (Phi) is 9.78. The van der Waals surface area contributed by atoms with Crippen LogP contribution < -0.4 is 5.32 Å². The lowest BCUT2D eigenvalue weighted by Crippen LogP contribution is -2.34. The second kappa shape index (κ2) is 12.4. The summed E-state index contributed by atoms with van der Waals surface area (Å²) < 4.78 is 0. The number of hydrogen-bond donors (Lipinski definition) is 1. The first-order valence-corrected chi connectivity index (χ1v) is 10.7. The summed E-state index contributed by atoms with van der Waals surface area (Å²) in [5, 5.41) is 3.02. The Labute approximate surface area is 171 Å². The van der Waals surface area contributed by atoms with E-state index in [-0.39, 0.29) is 11.8 Å². The molecule has 0 aromatic heterocycles. The highest BCUT2D eigenvalue weighted by Gasteiger charge is 2.17. The molecule has 0 spiro atoms. The van der Waals surface area contributed by atoms with Gasteiger partial charge in [-0.2, -0.15) is 0 Å². The molecule has 152 valence electrons. The minimum atomic E-state index is -0.0125. The fourth-order valence-corrected chi connectivity index (χ4v) is 3.39. The van der Waals surface area contributed by atoms with Crippen LogP contribution in [-0.2, 0) is 11.2 Å². The number of likely N-dealkylation sites (tertiary alicyclic amines) is 1. The summed E-state index contributed by atoms with van der Waals surface area (Å²) in [6.45, 7) is 9.32. The van der Waals surface area contributed by atoms with Crippen LogP contribution in [0.4, 0.5) is 0 Å². The van der Waals surface area contributed by atoms with Gasteiger partial charge in [0.15, 0.2) is 0 Å². The molecule has 1 aromatic carbocycles. The van der Waals surface area contributed by atoms with Gasteiger partial charge < -0.3 is 10.2 Å². The van der Waals surface area contributed by atoms with E-state index in [0.29, 0.717) is 5.92 Å². The summed E-state index contributed by atoms with van der Waals surface area (Å²) in [6.07, 6.45) is 15.0. The summed E-state index contributed by atoms with van der Waals surface area (Å²) >= 11 is 0. The van der Waals surface area contributed by atoms with Crippen LogP contribution in [0.3, 0.4) is 0 Å². The van der Waals surface area contributed by atoms with Gasteiger partial charge >= 0.3 is 0 Å². The van der Waals surface area contributed by atoms with Gasteiger partial charge in [0.1, 0.15) is 0 Å². The molecule has 0 saturated carbocycles. The maximum Gasteiger partial charge on any atom is 0.226 e. The fourth-order valence-electron chi connectivity index (χ4n) is 3.39. The molecule has 1 amide bonds. The monoisotopic (exact) mass is 380 g/mol. The summed E-state index contributed by atoms with van der Waals surface area (Å²) in [6, 6.07) is 10.8. The van der Waals surface area contributed by atoms with Crippen molar-refractivity contribution in [3.05, 3.63) is 72.0 Å². The SMILES string of the molecule is C\C=C/C=C(\C=C\C1CCN(CCCc2ccccc2)CC1)NC(=O)C(C)C. The standard InChI is InChI=1S/C25H36N2O/c1-4-5-13-24(26-25(28)21(2)3)15-14-23-16-19-27(20-17-23)18-9-12-22-10-7-6-8-11-22/h4-8,10-11,13-15,21,23H,9,12,16-20H2,1-3H3,(H,26,28)/b5-4-,15-14+,24-13+. The molecule has 1 aromatic rings. The van der Waals surface area contributed by atoms with E-state index in [9.17, 15) is 4.79 Å². The summed E-state index contributed by atoms with van der Waals surface area (Å²) in [5.41, 5.74) is 2.31. The van der Waals surface area contributed by atoms with E-state index >= 15 is 0 Å². The van der Waals surface area contributed by atoms with Gasteiger partial charge in [0, 0.05) is 11.6 Å². The quantitative estimate of drug-likeness (QED) is 0.603. The number of benzene rings is 1. The predicted molar refractivity (Wildman–Crippen MR) is 119 cm³/mol. The number of aryl methyl sites for hydroxylation is 1. The normalized spacial score (nSPS) is 17.1. The number of nitrogens with zero attached hydrogens (tertiary/aromatic N) is 1. The Morgan fingerprint density at radius 2 is 1.93 bits per heavy atom. The molecule has 3 heteroatoms. The van der Waals surface area contributed by atoms with Crippen LogP contribution in [0.1, 0.15) is 45.6 Å². The zero-order valence-corrected chi connectivity index (χ0v) is 17.7. The Morgan fingerprint density at radius 3 is 2.57 bits per heavy atom. The number of hydrogen-bond acceptors (Lipinski definition) is 2. The Balaban J connectivity index is 1.75. The summed E-state index contributed by atoms with van der Waals surface area (Å²) in [5.74, 6) is 0.644. The molecule has 1 aliphatic rings. The van der Waals surface area contributed by atoms with Crippen LogP contribution in [0.25, 0.3) is 0 Å². The van der Waals surface area contributed by atoms with Crippen LogP contribution in [0, 0.1) is 11.8 Å². The van der Waals surface area contributed by atoms with E-state index in [1.807, 2.05) is 39.0 Å². The third-order valence-electron chi connectivity index (χ3n) is 5.22. The molecule has 0 radical (unpaired) electrons. The molecule has 28 heavy (non-hydrogen) atoms. The van der Waals surface area contributed by atoms with Gasteiger partial charge in [0.2, 0.25) is 5.91 Å². The molecule has 0 bridgehead atoms. The van der Waals surface area contributed by atoms with E-state index in [0.717, 1.165) is 25.2 Å². The zero-order valence-electron chi connectivity index (χ0n) is 17.7. The van der Waals surface area contributed by atoms with Gasteiger partial charge in [-0.15, -0.1) is 0 Å². The zero-order chi connectivity index (χ0) is 20.2. The number of piperidine rings is 1. The molecule has 0 aliphatic carbocycles. The second-order valence-electron chi connectivity index (χ2n) is 7.92. The van der Waals surface area contributed by atoms with E-state index in [1.165, 1.54) is 31.4 Å². The molecule has 1 aliphatic heterocycles. The Morgan fingerprint density at radius 1 is 1.21 bits per heavy atom. The average Bonchev–Trinajstić information content (AvgIpc) is 2.71. The molecule has 3 nitrogen and oxygen atoms in total. The third-order valence-corrected chi connectivity index (χ3v) is 5.22. The van der Waals surface area contributed by atoms with Crippen LogP contribution in [-0.4, -0.2) is 30.4 Å². The summed E-state index contributed by atoms with van der Waals surface area (Å²) in [7, 11) is 0. The number of allylic oxidation sites excluding steroid dienone is 5. The molecule has 2 rings (SSSR count). The van der Waals surface area contributed by atoms with E-state index in [2.05, 4.69) is 52.7 Å². The highest BCUT2D eigenvalue weighted by molar-refractivity contribution is 5.80. The van der Waals surface area contributed by atoms with Gasteiger partial charge in [0.05, 0.1) is 0 Å². The Hall–Kier alpha value is -2.13. The highest BCUT2D eigenvalue weighted by Crippen LogP contribution is 2.19. The fraction of sp³-hybridized carbons (Fsp3) is 0.480. The smallest absolute Gasteiger partial charge is 0.226 e. The molecule has 1 fully saturated rings. The van der Waals surface area contributed by atoms with Crippen molar-refractivity contribution in [2.45, 2.75) is 46.5 Å². The number of nitrogens with one attached hydrogen (secondary N) is 1. The lowest BCUT2D eigenvalue weighted by atomic mass is 9.95. The Bertz CT molecular complexity index is 665. The number of carbonyl (C=O) groups is 1. The van der Waals surface area contributed by atoms with Gasteiger partial charge in [-0.25, -0.2) is 0 Å². The van der Waals surface area contributed by atoms with Gasteiger partial charge in [-0.05, 0) is 75.9 Å². The number of carbonyl (C=O) groups excluding carboxylic acids is 1. The molecule has 0 atom stereocenters. The van der Waals surface area contributed by atoms with E-state index in [4.69, 9.17) is 0 Å². The van der Waals surface area contributed by atoms with E-state index < -0.39 is 0 Å². The second-order valence-corrected chi connectivity index (χ2v) is 7.92. The third kappa shape index (κ3) is 8.26. The minimum absolute atomic E-state index is 0.0125. The summed E-state index contributed by atoms with van der Waals surface area (Å²) in [4.78, 5) is 14.6. The van der Waals surface area contributed by atoms with Crippen LogP contribution in [0.15, 0.2) is 66.4 Å². The molecule has 0 unspecified atom stereocenters. The molecular weight excluding hydrogens is 344 g/mol. The lowest BCUT2D eigenvalue weighted by Gasteiger charge is -2.30. The average molecular weight is 381 g/mol. The lowest BCUT2D eigenvalue weighted by molar-refractivity contribution is -0.123. The first kappa shape index (κ1) is 22.2. The van der Waals surface area contributed by atoms with Crippen molar-refractivity contribution in [1.29, 1.82) is 0 Å². The van der Waals surface area contributed by atoms with Gasteiger partial charge in [-0.3, -0.25) is 4.79 Å². The minimum Gasteiger partial charge on any atom is -0.326 e. The maximum absolute atomic E-state index is 12.0. The van der Waals surface area contributed by atoms with Crippen molar-refractivity contribution in [2.75, 3.05) is 19.6 Å². The van der Waals surface area contributed by atoms with Crippen molar-refractivity contribution < 1.29 is 4.79 Å². The van der Waals surface area contributed by atoms with Crippen LogP contribution >= 0.6 is 0 Å². The van der Waals surface area contributed by atoms with Gasteiger partial charge in [-0.1, -0.05) is 62.4 Å². The largest absolute Gasteiger partial charge is 0.326 e. The number of amides is 1.